The molecule has 1 aromatic heterocycles. The van der Waals surface area contributed by atoms with E-state index >= 15 is 0 Å². The van der Waals surface area contributed by atoms with Crippen LogP contribution in [0.1, 0.15) is 5.56 Å². The van der Waals surface area contributed by atoms with Crippen molar-refractivity contribution in [3.05, 3.63) is 83.3 Å². The third kappa shape index (κ3) is 3.95. The molecule has 2 heterocycles. The highest BCUT2D eigenvalue weighted by Gasteiger charge is 2.23. The topological polar surface area (TPSA) is 76.7 Å². The van der Waals surface area contributed by atoms with Crippen LogP contribution < -0.4 is 10.1 Å². The molecule has 0 bridgehead atoms. The summed E-state index contributed by atoms with van der Waals surface area (Å²) in [5, 5.41) is 7.73. The van der Waals surface area contributed by atoms with Crippen molar-refractivity contribution in [3.63, 3.8) is 0 Å². The van der Waals surface area contributed by atoms with Crippen molar-refractivity contribution in [3.8, 4) is 17.1 Å². The highest BCUT2D eigenvalue weighted by atomic mass is 32.2. The Morgan fingerprint density at radius 3 is 2.65 bits per heavy atom. The monoisotopic (exact) mass is 427 g/mol. The zero-order valence-corrected chi connectivity index (χ0v) is 17.3. The summed E-state index contributed by atoms with van der Waals surface area (Å²) < 4.78 is 10.8. The van der Waals surface area contributed by atoms with Crippen LogP contribution in [0.2, 0.25) is 0 Å². The van der Waals surface area contributed by atoms with E-state index in [4.69, 9.17) is 9.26 Å². The maximum atomic E-state index is 12.0. The molecule has 1 N–H and O–H groups in total. The lowest BCUT2D eigenvalue weighted by Gasteiger charge is -2.02. The summed E-state index contributed by atoms with van der Waals surface area (Å²) in [7, 11) is 1.62. The number of rotatable bonds is 4. The highest BCUT2D eigenvalue weighted by molar-refractivity contribution is 8.18. The maximum Gasteiger partial charge on any atom is 0.289 e. The summed E-state index contributed by atoms with van der Waals surface area (Å²) in [5.41, 5.74) is 3.39. The van der Waals surface area contributed by atoms with E-state index in [1.807, 2.05) is 78.9 Å². The number of nitrogens with one attached hydrogen (secondary N) is 1. The van der Waals surface area contributed by atoms with Crippen LogP contribution in [0.3, 0.4) is 0 Å². The number of nitrogens with zero attached hydrogens (tertiary/aromatic N) is 2. The summed E-state index contributed by atoms with van der Waals surface area (Å²) >= 11 is 1.12. The SMILES string of the molecule is COc1ccc(N=C2NC(=O)SC2=Cc2ccc3noc(-c4ccccc4)c3c2)cc1. The zero-order valence-electron chi connectivity index (χ0n) is 16.5. The summed E-state index contributed by atoms with van der Waals surface area (Å²) in [4.78, 5) is 17.4. The molecule has 0 radical (unpaired) electrons. The Morgan fingerprint density at radius 2 is 1.87 bits per heavy atom. The fraction of sp³-hybridized carbons (Fsp3) is 0.0417. The van der Waals surface area contributed by atoms with Crippen molar-refractivity contribution in [2.75, 3.05) is 7.11 Å². The maximum absolute atomic E-state index is 12.0. The molecule has 1 fully saturated rings. The number of benzene rings is 3. The van der Waals surface area contributed by atoms with Crippen molar-refractivity contribution in [2.45, 2.75) is 0 Å². The summed E-state index contributed by atoms with van der Waals surface area (Å²) in [6.07, 6.45) is 1.94. The molecule has 0 atom stereocenters. The number of aromatic nitrogens is 1. The molecule has 0 saturated carbocycles. The molecule has 5 rings (SSSR count). The van der Waals surface area contributed by atoms with Gasteiger partial charge in [-0.05, 0) is 59.8 Å². The minimum atomic E-state index is -0.158. The first kappa shape index (κ1) is 19.1. The highest BCUT2D eigenvalue weighted by Crippen LogP contribution is 2.32. The number of aliphatic imine (C=N–C) groups is 1. The summed E-state index contributed by atoms with van der Waals surface area (Å²) in [5.74, 6) is 1.99. The van der Waals surface area contributed by atoms with E-state index in [0.29, 0.717) is 5.84 Å². The Balaban J connectivity index is 1.52. The van der Waals surface area contributed by atoms with Gasteiger partial charge in [-0.15, -0.1) is 0 Å². The number of hydrogen-bond donors (Lipinski definition) is 1. The van der Waals surface area contributed by atoms with Crippen molar-refractivity contribution in [1.29, 1.82) is 0 Å². The van der Waals surface area contributed by atoms with Gasteiger partial charge in [0.05, 0.1) is 23.1 Å². The number of methoxy groups -OCH3 is 1. The first-order chi connectivity index (χ1) is 15.2. The molecule has 7 heteroatoms. The minimum Gasteiger partial charge on any atom is -0.497 e. The molecule has 3 aromatic carbocycles. The number of amidine groups is 1. The second kappa shape index (κ2) is 8.12. The lowest BCUT2D eigenvalue weighted by molar-refractivity contribution is 0.265. The van der Waals surface area contributed by atoms with Gasteiger partial charge in [0, 0.05) is 5.56 Å². The number of hydrogen-bond acceptors (Lipinski definition) is 6. The average Bonchev–Trinajstić information content (AvgIpc) is 3.37. The smallest absolute Gasteiger partial charge is 0.289 e. The molecule has 6 nitrogen and oxygen atoms in total. The molecule has 31 heavy (non-hydrogen) atoms. The van der Waals surface area contributed by atoms with E-state index in [1.165, 1.54) is 0 Å². The summed E-state index contributed by atoms with van der Waals surface area (Å²) in [6, 6.07) is 23.1. The Kier molecular flexibility index (Phi) is 5.01. The lowest BCUT2D eigenvalue weighted by atomic mass is 10.1. The third-order valence-corrected chi connectivity index (χ3v) is 5.62. The van der Waals surface area contributed by atoms with Crippen LogP contribution >= 0.6 is 11.8 Å². The molecular formula is C24H17N3O3S. The normalized spacial score (nSPS) is 16.2. The van der Waals surface area contributed by atoms with Gasteiger partial charge in [0.2, 0.25) is 0 Å². The Labute approximate surface area is 182 Å². The van der Waals surface area contributed by atoms with E-state index in [9.17, 15) is 4.79 Å². The van der Waals surface area contributed by atoms with E-state index < -0.39 is 0 Å². The minimum absolute atomic E-state index is 0.158. The predicted molar refractivity (Wildman–Crippen MR) is 124 cm³/mol. The number of thioether (sulfide) groups is 1. The van der Waals surface area contributed by atoms with Crippen LogP contribution in [-0.4, -0.2) is 23.3 Å². The van der Waals surface area contributed by atoms with Gasteiger partial charge in [-0.2, -0.15) is 0 Å². The summed E-state index contributed by atoms with van der Waals surface area (Å²) in [6.45, 7) is 0. The zero-order chi connectivity index (χ0) is 21.2. The first-order valence-corrected chi connectivity index (χ1v) is 10.4. The molecule has 0 unspecified atom stereocenters. The molecule has 1 aliphatic heterocycles. The molecule has 1 amide bonds. The second-order valence-electron chi connectivity index (χ2n) is 6.84. The van der Waals surface area contributed by atoms with Crippen LogP contribution in [0, 0.1) is 0 Å². The molecule has 152 valence electrons. The van der Waals surface area contributed by atoms with E-state index in [2.05, 4.69) is 15.5 Å². The van der Waals surface area contributed by atoms with Crippen LogP contribution in [-0.2, 0) is 0 Å². The first-order valence-electron chi connectivity index (χ1n) is 9.58. The van der Waals surface area contributed by atoms with Gasteiger partial charge in [-0.1, -0.05) is 41.6 Å². The standard InChI is InChI=1S/C24H17N3O3S/c1-29-18-10-8-17(9-11-18)25-23-21(31-24(28)26-23)14-15-7-12-20-19(13-15)22(30-27-20)16-5-3-2-4-6-16/h2-14H,1H3,(H,25,26,28). The number of carbonyl (C=O) groups is 1. The largest absolute Gasteiger partial charge is 0.497 e. The van der Waals surface area contributed by atoms with Crippen LogP contribution in [0.25, 0.3) is 28.3 Å². The van der Waals surface area contributed by atoms with Crippen LogP contribution in [0.4, 0.5) is 10.5 Å². The Hall–Kier alpha value is -3.84. The molecule has 4 aromatic rings. The van der Waals surface area contributed by atoms with Crippen LogP contribution in [0.5, 0.6) is 5.75 Å². The van der Waals surface area contributed by atoms with E-state index in [0.717, 1.165) is 55.9 Å². The quantitative estimate of drug-likeness (QED) is 0.430. The van der Waals surface area contributed by atoms with Crippen molar-refractivity contribution in [1.82, 2.24) is 10.5 Å². The van der Waals surface area contributed by atoms with Crippen molar-refractivity contribution < 1.29 is 14.1 Å². The van der Waals surface area contributed by atoms with Gasteiger partial charge in [-0.3, -0.25) is 4.79 Å². The van der Waals surface area contributed by atoms with Gasteiger partial charge >= 0.3 is 0 Å². The Morgan fingerprint density at radius 1 is 1.06 bits per heavy atom. The van der Waals surface area contributed by atoms with Gasteiger partial charge in [0.25, 0.3) is 5.24 Å². The van der Waals surface area contributed by atoms with Crippen molar-refractivity contribution >= 4 is 45.5 Å². The molecule has 1 saturated heterocycles. The fourth-order valence-corrected chi connectivity index (χ4v) is 4.03. The predicted octanol–water partition coefficient (Wildman–Crippen LogP) is 6.03. The lowest BCUT2D eigenvalue weighted by Crippen LogP contribution is -2.18. The number of ether oxygens (including phenoxy) is 1. The molecule has 0 aliphatic carbocycles. The number of carbonyl (C=O) groups excluding carboxylic acids is 1. The van der Waals surface area contributed by atoms with Gasteiger partial charge in [-0.25, -0.2) is 4.99 Å². The molecule has 0 spiro atoms. The van der Waals surface area contributed by atoms with E-state index in [-0.39, 0.29) is 5.24 Å². The molecular weight excluding hydrogens is 410 g/mol. The van der Waals surface area contributed by atoms with Gasteiger partial charge in [0.1, 0.15) is 17.1 Å². The Bertz CT molecular complexity index is 1330. The molecule has 1 aliphatic rings. The van der Waals surface area contributed by atoms with Crippen molar-refractivity contribution in [2.24, 2.45) is 4.99 Å². The average molecular weight is 427 g/mol. The fourth-order valence-electron chi connectivity index (χ4n) is 3.30. The second-order valence-corrected chi connectivity index (χ2v) is 7.85. The third-order valence-electron chi connectivity index (χ3n) is 4.80. The number of fused-ring (bicyclic) bond motifs is 1. The van der Waals surface area contributed by atoms with Gasteiger partial charge < -0.3 is 14.6 Å². The van der Waals surface area contributed by atoms with Gasteiger partial charge in [0.15, 0.2) is 5.76 Å². The van der Waals surface area contributed by atoms with Crippen LogP contribution in [0.15, 0.2) is 87.2 Å². The van der Waals surface area contributed by atoms with E-state index in [1.54, 1.807) is 7.11 Å². The number of amides is 1.